The van der Waals surface area contributed by atoms with E-state index >= 15 is 0 Å². The topological polar surface area (TPSA) is 84.9 Å². The SMILES string of the molecule is CCOc1cc([C@@H]2C(C(=O)OC)=C(C)NC3=C2C(=O)CC(C)(C)C3)cc(Cl)c1O. The molecule has 1 heterocycles. The van der Waals surface area contributed by atoms with Crippen molar-refractivity contribution in [2.45, 2.75) is 46.5 Å². The molecule has 0 radical (unpaired) electrons. The van der Waals surface area contributed by atoms with E-state index in [2.05, 4.69) is 5.32 Å². The molecule has 0 unspecified atom stereocenters. The normalized spacial score (nSPS) is 20.9. The van der Waals surface area contributed by atoms with Gasteiger partial charge < -0.3 is 19.9 Å². The molecule has 156 valence electrons. The number of Topliss-reactive ketones (excluding diaryl/α,β-unsaturated/α-hetero) is 1. The van der Waals surface area contributed by atoms with Gasteiger partial charge in [0.05, 0.1) is 24.3 Å². The Morgan fingerprint density at radius 1 is 1.34 bits per heavy atom. The summed E-state index contributed by atoms with van der Waals surface area (Å²) in [6.45, 7) is 8.01. The maximum Gasteiger partial charge on any atom is 0.336 e. The number of phenolic OH excluding ortho intramolecular Hbond substituents is 1. The van der Waals surface area contributed by atoms with E-state index in [0.717, 1.165) is 5.70 Å². The number of carbonyl (C=O) groups excluding carboxylic acids is 2. The predicted octanol–water partition coefficient (Wildman–Crippen LogP) is 4.22. The number of allylic oxidation sites excluding steroid dienone is 3. The Labute approximate surface area is 175 Å². The van der Waals surface area contributed by atoms with Crippen LogP contribution >= 0.6 is 11.6 Å². The lowest BCUT2D eigenvalue weighted by molar-refractivity contribution is -0.136. The van der Waals surface area contributed by atoms with Gasteiger partial charge in [0.25, 0.3) is 0 Å². The first-order valence-electron chi connectivity index (χ1n) is 9.57. The number of benzene rings is 1. The lowest BCUT2D eigenvalue weighted by Gasteiger charge is -2.39. The first kappa shape index (κ1) is 21.2. The molecular formula is C22H26ClNO5. The largest absolute Gasteiger partial charge is 0.503 e. The van der Waals surface area contributed by atoms with Crippen LogP contribution in [0.1, 0.15) is 52.0 Å². The quantitative estimate of drug-likeness (QED) is 0.711. The van der Waals surface area contributed by atoms with E-state index in [0.29, 0.717) is 41.9 Å². The smallest absolute Gasteiger partial charge is 0.336 e. The Morgan fingerprint density at radius 2 is 2.03 bits per heavy atom. The molecule has 1 aromatic rings. The molecule has 1 aliphatic carbocycles. The number of hydrogen-bond donors (Lipinski definition) is 2. The Balaban J connectivity index is 2.25. The zero-order chi connectivity index (χ0) is 21.5. The number of ketones is 1. The molecule has 2 N–H and O–H groups in total. The van der Waals surface area contributed by atoms with Crippen LogP contribution in [0.3, 0.4) is 0 Å². The van der Waals surface area contributed by atoms with Crippen LogP contribution in [0.4, 0.5) is 0 Å². The molecule has 2 aliphatic rings. The molecule has 0 fully saturated rings. The lowest BCUT2D eigenvalue weighted by atomic mass is 9.68. The third kappa shape index (κ3) is 3.86. The molecule has 7 heteroatoms. The van der Waals surface area contributed by atoms with Gasteiger partial charge in [-0.05, 0) is 43.4 Å². The number of ether oxygens (including phenoxy) is 2. The van der Waals surface area contributed by atoms with E-state index in [4.69, 9.17) is 21.1 Å². The highest BCUT2D eigenvalue weighted by Crippen LogP contribution is 2.48. The van der Waals surface area contributed by atoms with Crippen LogP contribution in [0.15, 0.2) is 34.7 Å². The fraction of sp³-hybridized carbons (Fsp3) is 0.455. The molecule has 0 saturated heterocycles. The van der Waals surface area contributed by atoms with Crippen molar-refractivity contribution >= 4 is 23.4 Å². The minimum absolute atomic E-state index is 0.0233. The Hall–Kier alpha value is -2.47. The summed E-state index contributed by atoms with van der Waals surface area (Å²) in [6.07, 6.45) is 1.06. The first-order chi connectivity index (χ1) is 13.6. The third-order valence-electron chi connectivity index (χ3n) is 5.33. The number of phenols is 1. The zero-order valence-electron chi connectivity index (χ0n) is 17.3. The second-order valence-corrected chi connectivity index (χ2v) is 8.61. The van der Waals surface area contributed by atoms with Gasteiger partial charge in [0.2, 0.25) is 0 Å². The monoisotopic (exact) mass is 419 g/mol. The summed E-state index contributed by atoms with van der Waals surface area (Å²) >= 11 is 6.25. The van der Waals surface area contributed by atoms with Crippen LogP contribution in [0.5, 0.6) is 11.5 Å². The van der Waals surface area contributed by atoms with Crippen LogP contribution in [-0.4, -0.2) is 30.6 Å². The van der Waals surface area contributed by atoms with Gasteiger partial charge in [-0.1, -0.05) is 25.4 Å². The molecule has 29 heavy (non-hydrogen) atoms. The number of nitrogens with one attached hydrogen (secondary N) is 1. The number of halogens is 1. The minimum Gasteiger partial charge on any atom is -0.503 e. The minimum atomic E-state index is -0.653. The Kier molecular flexibility index (Phi) is 5.68. The lowest BCUT2D eigenvalue weighted by Crippen LogP contribution is -2.38. The number of hydrogen-bond acceptors (Lipinski definition) is 6. The second kappa shape index (κ2) is 7.75. The summed E-state index contributed by atoms with van der Waals surface area (Å²) in [6, 6.07) is 3.21. The summed E-state index contributed by atoms with van der Waals surface area (Å²) in [5, 5.41) is 13.6. The van der Waals surface area contributed by atoms with E-state index in [-0.39, 0.29) is 27.7 Å². The number of methoxy groups -OCH3 is 1. The van der Waals surface area contributed by atoms with Gasteiger partial charge in [-0.15, -0.1) is 0 Å². The van der Waals surface area contributed by atoms with Gasteiger partial charge in [0.15, 0.2) is 17.3 Å². The highest BCUT2D eigenvalue weighted by Gasteiger charge is 2.43. The van der Waals surface area contributed by atoms with Crippen molar-refractivity contribution in [1.29, 1.82) is 0 Å². The first-order valence-corrected chi connectivity index (χ1v) is 9.95. The fourth-order valence-electron chi connectivity index (χ4n) is 4.18. The Morgan fingerprint density at radius 3 is 2.66 bits per heavy atom. The molecule has 3 rings (SSSR count). The van der Waals surface area contributed by atoms with Crippen LogP contribution in [-0.2, 0) is 14.3 Å². The van der Waals surface area contributed by atoms with Crippen molar-refractivity contribution in [3.63, 3.8) is 0 Å². The number of aromatic hydroxyl groups is 1. The zero-order valence-corrected chi connectivity index (χ0v) is 18.1. The number of rotatable bonds is 4. The maximum absolute atomic E-state index is 13.2. The number of carbonyl (C=O) groups is 2. The maximum atomic E-state index is 13.2. The summed E-state index contributed by atoms with van der Waals surface area (Å²) in [5.74, 6) is -1.16. The van der Waals surface area contributed by atoms with Crippen molar-refractivity contribution in [1.82, 2.24) is 5.32 Å². The Bertz CT molecular complexity index is 945. The van der Waals surface area contributed by atoms with Crippen LogP contribution in [0.25, 0.3) is 0 Å². The predicted molar refractivity (Wildman–Crippen MR) is 110 cm³/mol. The number of esters is 1. The third-order valence-corrected chi connectivity index (χ3v) is 5.62. The van der Waals surface area contributed by atoms with Gasteiger partial charge in [-0.2, -0.15) is 0 Å². The van der Waals surface area contributed by atoms with E-state index in [1.54, 1.807) is 26.0 Å². The van der Waals surface area contributed by atoms with Gasteiger partial charge in [-0.25, -0.2) is 4.79 Å². The average molecular weight is 420 g/mol. The van der Waals surface area contributed by atoms with Crippen LogP contribution < -0.4 is 10.1 Å². The van der Waals surface area contributed by atoms with Crippen molar-refractivity contribution in [2.24, 2.45) is 5.41 Å². The summed E-state index contributed by atoms with van der Waals surface area (Å²) in [7, 11) is 1.31. The summed E-state index contributed by atoms with van der Waals surface area (Å²) < 4.78 is 10.5. The molecule has 0 aromatic heterocycles. The second-order valence-electron chi connectivity index (χ2n) is 8.20. The molecule has 0 saturated carbocycles. The van der Waals surface area contributed by atoms with E-state index in [9.17, 15) is 14.7 Å². The van der Waals surface area contributed by atoms with Crippen molar-refractivity contribution in [2.75, 3.05) is 13.7 Å². The standard InChI is InChI=1S/C22H26ClNO5/c1-6-29-16-8-12(7-13(23)20(16)26)18-17(21(27)28-5)11(2)24-14-9-22(3,4)10-15(25)19(14)18/h7-8,18,24,26H,6,9-10H2,1-5H3/t18-/m1/s1. The molecule has 0 spiro atoms. The highest BCUT2D eigenvalue weighted by molar-refractivity contribution is 6.32. The van der Waals surface area contributed by atoms with E-state index in [1.165, 1.54) is 7.11 Å². The molecular weight excluding hydrogens is 394 g/mol. The van der Waals surface area contributed by atoms with Gasteiger partial charge in [0.1, 0.15) is 0 Å². The van der Waals surface area contributed by atoms with Gasteiger partial charge in [0, 0.05) is 29.3 Å². The van der Waals surface area contributed by atoms with Crippen LogP contribution in [0, 0.1) is 5.41 Å². The van der Waals surface area contributed by atoms with E-state index in [1.807, 2.05) is 13.8 Å². The van der Waals surface area contributed by atoms with Gasteiger partial charge in [-0.3, -0.25) is 4.79 Å². The molecule has 6 nitrogen and oxygen atoms in total. The van der Waals surface area contributed by atoms with Gasteiger partial charge >= 0.3 is 5.97 Å². The summed E-state index contributed by atoms with van der Waals surface area (Å²) in [4.78, 5) is 25.8. The molecule has 1 aromatic carbocycles. The van der Waals surface area contributed by atoms with Crippen LogP contribution in [0.2, 0.25) is 5.02 Å². The van der Waals surface area contributed by atoms with E-state index < -0.39 is 11.9 Å². The van der Waals surface area contributed by atoms with Crippen molar-refractivity contribution < 1.29 is 24.2 Å². The number of dihydropyridines is 1. The molecule has 0 amide bonds. The van der Waals surface area contributed by atoms with Crippen molar-refractivity contribution in [3.05, 3.63) is 45.3 Å². The van der Waals surface area contributed by atoms with Crippen molar-refractivity contribution in [3.8, 4) is 11.5 Å². The molecule has 1 atom stereocenters. The molecule has 1 aliphatic heterocycles. The summed E-state index contributed by atoms with van der Waals surface area (Å²) in [5.41, 5.74) is 2.75. The highest BCUT2D eigenvalue weighted by atomic mass is 35.5. The molecule has 0 bridgehead atoms. The fourth-order valence-corrected chi connectivity index (χ4v) is 4.40. The average Bonchev–Trinajstić information content (AvgIpc) is 2.62.